The van der Waals surface area contributed by atoms with Crippen molar-refractivity contribution in [1.82, 2.24) is 0 Å². The Morgan fingerprint density at radius 1 is 0.756 bits per heavy atom. The second-order valence-electron chi connectivity index (χ2n) is 11.0. The highest BCUT2D eigenvalue weighted by atomic mass is 16.7. The van der Waals surface area contributed by atoms with Crippen molar-refractivity contribution in [2.24, 2.45) is 0 Å². The number of carbonyl (C=O) groups is 1. The van der Waals surface area contributed by atoms with Crippen LogP contribution in [0.3, 0.4) is 0 Å². The predicted molar refractivity (Wildman–Crippen MR) is 150 cm³/mol. The van der Waals surface area contributed by atoms with Gasteiger partial charge in [0.05, 0.1) is 40.5 Å². The van der Waals surface area contributed by atoms with Crippen LogP contribution in [0.1, 0.15) is 35.4 Å². The molecule has 45 heavy (non-hydrogen) atoms. The van der Waals surface area contributed by atoms with Gasteiger partial charge in [-0.2, -0.15) is 0 Å². The van der Waals surface area contributed by atoms with Crippen LogP contribution < -0.4 is 23.7 Å². The molecule has 0 saturated carbocycles. The number of fused-ring (bicyclic) bond motifs is 1. The Balaban J connectivity index is 1.33. The molecule has 0 radical (unpaired) electrons. The van der Waals surface area contributed by atoms with Gasteiger partial charge in [0.15, 0.2) is 23.6 Å². The molecule has 2 aromatic rings. The molecule has 0 aromatic heterocycles. The third-order valence-corrected chi connectivity index (χ3v) is 8.11. The number of methoxy groups -OCH3 is 3. The van der Waals surface area contributed by atoms with E-state index in [0.29, 0.717) is 17.1 Å². The lowest BCUT2D eigenvalue weighted by Gasteiger charge is -2.42. The van der Waals surface area contributed by atoms with Crippen LogP contribution in [0.2, 0.25) is 0 Å². The van der Waals surface area contributed by atoms with Crippen LogP contribution in [-0.4, -0.2) is 126 Å². The maximum absolute atomic E-state index is 13.2. The van der Waals surface area contributed by atoms with Crippen molar-refractivity contribution >= 4 is 5.78 Å². The van der Waals surface area contributed by atoms with Crippen LogP contribution in [0, 0.1) is 0 Å². The van der Waals surface area contributed by atoms with Crippen LogP contribution in [0.25, 0.3) is 0 Å². The van der Waals surface area contributed by atoms with E-state index in [-0.39, 0.29) is 35.0 Å². The zero-order valence-corrected chi connectivity index (χ0v) is 25.0. The molecule has 3 aliphatic rings. The van der Waals surface area contributed by atoms with Crippen LogP contribution in [0.5, 0.6) is 28.7 Å². The van der Waals surface area contributed by atoms with Crippen LogP contribution in [-0.2, 0) is 14.2 Å². The number of aliphatic hydroxyl groups excluding tert-OH is 6. The highest BCUT2D eigenvalue weighted by Crippen LogP contribution is 2.44. The minimum absolute atomic E-state index is 0.0173. The third-order valence-electron chi connectivity index (χ3n) is 8.11. The fourth-order valence-corrected chi connectivity index (χ4v) is 5.49. The summed E-state index contributed by atoms with van der Waals surface area (Å²) >= 11 is 0. The van der Waals surface area contributed by atoms with Crippen LogP contribution >= 0.6 is 0 Å². The number of hydrogen-bond donors (Lipinski definition) is 6. The Hall–Kier alpha value is -3.25. The lowest BCUT2D eigenvalue weighted by molar-refractivity contribution is -0.318. The number of benzene rings is 2. The molecule has 2 fully saturated rings. The molecule has 0 aliphatic carbocycles. The first-order valence-corrected chi connectivity index (χ1v) is 14.3. The minimum Gasteiger partial charge on any atom is -0.496 e. The van der Waals surface area contributed by atoms with Crippen molar-refractivity contribution in [2.45, 2.75) is 80.9 Å². The standard InChI is InChI=1S/C30H38O15/c1-12-23(32)25(34)27(36)29(42-12)41-11-21-24(33)26(35)28(37)30(45-21)43-14-8-19(40-4)22-15(31)10-17(44-20(22)9-14)13-5-6-16(38-2)18(7-13)39-3/h5-9,12,17,21,23-30,32-37H,10-11H2,1-4H3/t12-,17+,21+,23-,24+,25+,26-,27+,28+,29+,30+/m0/s1. The first kappa shape index (κ1) is 33.1. The minimum atomic E-state index is -1.73. The second-order valence-corrected chi connectivity index (χ2v) is 11.0. The molecule has 2 aromatic carbocycles. The topological polar surface area (TPSA) is 212 Å². The van der Waals surface area contributed by atoms with Gasteiger partial charge in [0.25, 0.3) is 0 Å². The fraction of sp³-hybridized carbons (Fsp3) is 0.567. The van der Waals surface area contributed by atoms with E-state index in [1.807, 2.05) is 0 Å². The summed E-state index contributed by atoms with van der Waals surface area (Å²) < 4.78 is 44.8. The van der Waals surface area contributed by atoms with Gasteiger partial charge < -0.3 is 68.5 Å². The van der Waals surface area contributed by atoms with E-state index in [0.717, 1.165) is 0 Å². The summed E-state index contributed by atoms with van der Waals surface area (Å²) in [5.74, 6) is 1.06. The molecule has 3 aliphatic heterocycles. The van der Waals surface area contributed by atoms with Crippen molar-refractivity contribution in [3.63, 3.8) is 0 Å². The first-order valence-electron chi connectivity index (χ1n) is 14.3. The van der Waals surface area contributed by atoms with Crippen molar-refractivity contribution in [2.75, 3.05) is 27.9 Å². The monoisotopic (exact) mass is 638 g/mol. The smallest absolute Gasteiger partial charge is 0.229 e. The predicted octanol–water partition coefficient (Wildman–Crippen LogP) is -0.551. The van der Waals surface area contributed by atoms with Crippen molar-refractivity contribution in [3.05, 3.63) is 41.5 Å². The summed E-state index contributed by atoms with van der Waals surface area (Å²) in [7, 11) is 4.37. The van der Waals surface area contributed by atoms with Gasteiger partial charge in [-0.1, -0.05) is 6.07 Å². The third kappa shape index (κ3) is 6.54. The summed E-state index contributed by atoms with van der Waals surface area (Å²) in [5.41, 5.74) is 0.854. The number of carbonyl (C=O) groups excluding carboxylic acids is 1. The fourth-order valence-electron chi connectivity index (χ4n) is 5.49. The van der Waals surface area contributed by atoms with Crippen LogP contribution in [0.15, 0.2) is 30.3 Å². The Kier molecular flexibility index (Phi) is 10.0. The molecule has 2 saturated heterocycles. The van der Waals surface area contributed by atoms with Crippen molar-refractivity contribution in [3.8, 4) is 28.7 Å². The van der Waals surface area contributed by atoms with E-state index in [1.54, 1.807) is 18.2 Å². The lowest BCUT2D eigenvalue weighted by Crippen LogP contribution is -2.61. The average molecular weight is 639 g/mol. The Labute approximate surface area is 258 Å². The van der Waals surface area contributed by atoms with E-state index in [4.69, 9.17) is 37.9 Å². The Bertz CT molecular complexity index is 1350. The number of rotatable bonds is 9. The zero-order chi connectivity index (χ0) is 32.6. The van der Waals surface area contributed by atoms with Gasteiger partial charge in [-0.15, -0.1) is 0 Å². The summed E-state index contributed by atoms with van der Waals surface area (Å²) in [6.07, 6.45) is -15.3. The Morgan fingerprint density at radius 3 is 2.11 bits per heavy atom. The number of Topliss-reactive ketones (excluding diaryl/α,β-unsaturated/α-hetero) is 1. The van der Waals surface area contributed by atoms with Gasteiger partial charge >= 0.3 is 0 Å². The van der Waals surface area contributed by atoms with E-state index in [9.17, 15) is 35.4 Å². The molecule has 248 valence electrons. The highest BCUT2D eigenvalue weighted by molar-refractivity contribution is 6.02. The molecule has 3 heterocycles. The molecule has 15 heteroatoms. The quantitative estimate of drug-likeness (QED) is 0.203. The molecule has 11 atom stereocenters. The normalized spacial score (nSPS) is 34.8. The van der Waals surface area contributed by atoms with Crippen LogP contribution in [0.4, 0.5) is 0 Å². The van der Waals surface area contributed by atoms with Gasteiger partial charge in [-0.25, -0.2) is 0 Å². The summed E-state index contributed by atoms with van der Waals surface area (Å²) in [6, 6.07) is 7.98. The van der Waals surface area contributed by atoms with Gasteiger partial charge in [-0.3, -0.25) is 4.79 Å². The van der Waals surface area contributed by atoms with Gasteiger partial charge in [0.1, 0.15) is 71.6 Å². The Morgan fingerprint density at radius 2 is 1.42 bits per heavy atom. The largest absolute Gasteiger partial charge is 0.496 e. The second kappa shape index (κ2) is 13.6. The molecule has 0 bridgehead atoms. The van der Waals surface area contributed by atoms with Gasteiger partial charge in [0.2, 0.25) is 6.29 Å². The summed E-state index contributed by atoms with van der Waals surface area (Å²) in [6.45, 7) is 1.02. The van der Waals surface area contributed by atoms with E-state index in [2.05, 4.69) is 0 Å². The van der Waals surface area contributed by atoms with Gasteiger partial charge in [-0.05, 0) is 24.6 Å². The number of hydrogen-bond acceptors (Lipinski definition) is 15. The SMILES string of the molecule is COc1ccc([C@H]2CC(=O)c3c(OC)cc(O[C@@H]4O[C@H](CO[C@@H]5O[C@@H](C)[C@H](O)[C@@H](O)[C@H]5O)[C@@H](O)[C@H](O)[C@H]4O)cc3O2)cc1OC. The molecule has 5 rings (SSSR count). The zero-order valence-electron chi connectivity index (χ0n) is 25.0. The maximum atomic E-state index is 13.2. The molecule has 15 nitrogen and oxygen atoms in total. The number of ether oxygens (including phenoxy) is 8. The molecule has 0 spiro atoms. The molecule has 0 amide bonds. The number of aliphatic hydroxyl groups is 6. The number of ketones is 1. The summed E-state index contributed by atoms with van der Waals surface area (Å²) in [4.78, 5) is 13.2. The molecule has 6 N–H and O–H groups in total. The lowest BCUT2D eigenvalue weighted by atomic mass is 9.95. The van der Waals surface area contributed by atoms with Gasteiger partial charge in [0, 0.05) is 12.1 Å². The van der Waals surface area contributed by atoms with Crippen molar-refractivity contribution < 1.29 is 73.3 Å². The highest BCUT2D eigenvalue weighted by Gasteiger charge is 2.47. The van der Waals surface area contributed by atoms with E-state index >= 15 is 0 Å². The van der Waals surface area contributed by atoms with E-state index in [1.165, 1.54) is 40.4 Å². The maximum Gasteiger partial charge on any atom is 0.229 e. The molecular weight excluding hydrogens is 600 g/mol. The molecular formula is C30H38O15. The molecule has 0 unspecified atom stereocenters. The first-order chi connectivity index (χ1) is 21.5. The summed E-state index contributed by atoms with van der Waals surface area (Å²) in [5, 5.41) is 61.9. The van der Waals surface area contributed by atoms with Crippen molar-refractivity contribution in [1.29, 1.82) is 0 Å². The van der Waals surface area contributed by atoms with E-state index < -0.39 is 74.1 Å². The average Bonchev–Trinajstić information content (AvgIpc) is 3.04.